The maximum absolute atomic E-state index is 12.2. The van der Waals surface area contributed by atoms with Crippen LogP contribution < -0.4 is 5.32 Å². The fourth-order valence-electron chi connectivity index (χ4n) is 2.57. The molecule has 3 rings (SSSR count). The van der Waals surface area contributed by atoms with Crippen LogP contribution in [0.5, 0.6) is 0 Å². The Hall–Kier alpha value is -1.32. The molecule has 0 saturated heterocycles. The first-order valence-corrected chi connectivity index (χ1v) is 7.57. The van der Waals surface area contributed by atoms with E-state index in [1.807, 2.05) is 6.07 Å². The Morgan fingerprint density at radius 1 is 1.26 bits per heavy atom. The van der Waals surface area contributed by atoms with Crippen molar-refractivity contribution in [2.24, 2.45) is 0 Å². The van der Waals surface area contributed by atoms with Gasteiger partial charge >= 0.3 is 0 Å². The van der Waals surface area contributed by atoms with Crippen LogP contribution in [0.25, 0.3) is 0 Å². The molecule has 1 atom stereocenters. The molecular formula is C15H14ClNOS. The van der Waals surface area contributed by atoms with E-state index < -0.39 is 0 Å². The molecular weight excluding hydrogens is 278 g/mol. The maximum Gasteiger partial charge on any atom is 0.261 e. The van der Waals surface area contributed by atoms with Gasteiger partial charge in [0.05, 0.1) is 15.3 Å². The van der Waals surface area contributed by atoms with E-state index >= 15 is 0 Å². The van der Waals surface area contributed by atoms with Gasteiger partial charge in [0.15, 0.2) is 0 Å². The average molecular weight is 292 g/mol. The number of nitrogens with one attached hydrogen (secondary N) is 1. The van der Waals surface area contributed by atoms with Gasteiger partial charge in [-0.2, -0.15) is 0 Å². The van der Waals surface area contributed by atoms with Crippen molar-refractivity contribution in [3.8, 4) is 0 Å². The molecule has 2 aromatic rings. The molecule has 0 aliphatic heterocycles. The first kappa shape index (κ1) is 12.7. The highest BCUT2D eigenvalue weighted by Crippen LogP contribution is 2.30. The van der Waals surface area contributed by atoms with Gasteiger partial charge < -0.3 is 5.32 Å². The van der Waals surface area contributed by atoms with Crippen molar-refractivity contribution in [3.05, 3.63) is 56.7 Å². The van der Waals surface area contributed by atoms with Crippen molar-refractivity contribution in [2.45, 2.75) is 25.3 Å². The summed E-state index contributed by atoms with van der Waals surface area (Å²) in [5.74, 6) is -0.0291. The lowest BCUT2D eigenvalue weighted by Gasteiger charge is -2.26. The Kier molecular flexibility index (Phi) is 3.58. The number of hydrogen-bond donors (Lipinski definition) is 1. The molecule has 1 aromatic heterocycles. The van der Waals surface area contributed by atoms with E-state index in [0.29, 0.717) is 9.21 Å². The lowest BCUT2D eigenvalue weighted by molar-refractivity contribution is 0.0937. The first-order valence-electron chi connectivity index (χ1n) is 6.38. The van der Waals surface area contributed by atoms with E-state index in [-0.39, 0.29) is 11.9 Å². The Bertz CT molecular complexity index is 608. The number of amides is 1. The smallest absolute Gasteiger partial charge is 0.261 e. The van der Waals surface area contributed by atoms with Gasteiger partial charge in [-0.15, -0.1) is 11.3 Å². The van der Waals surface area contributed by atoms with E-state index in [2.05, 4.69) is 23.5 Å². The number of aryl methyl sites for hydroxylation is 1. The predicted octanol–water partition coefficient (Wildman–Crippen LogP) is 4.21. The van der Waals surface area contributed by atoms with E-state index in [1.165, 1.54) is 22.5 Å². The molecule has 1 aliphatic carbocycles. The van der Waals surface area contributed by atoms with Crippen LogP contribution in [0, 0.1) is 0 Å². The van der Waals surface area contributed by atoms with Crippen LogP contribution in [0.1, 0.15) is 39.7 Å². The summed E-state index contributed by atoms with van der Waals surface area (Å²) >= 11 is 7.19. The minimum absolute atomic E-state index is 0.0291. The van der Waals surface area contributed by atoms with Crippen molar-refractivity contribution < 1.29 is 4.79 Å². The summed E-state index contributed by atoms with van der Waals surface area (Å²) < 4.78 is 0.647. The topological polar surface area (TPSA) is 29.1 Å². The number of carbonyl (C=O) groups is 1. The van der Waals surface area contributed by atoms with Gasteiger partial charge in [0.2, 0.25) is 0 Å². The molecule has 0 bridgehead atoms. The summed E-state index contributed by atoms with van der Waals surface area (Å²) in [6.45, 7) is 0. The third-order valence-corrected chi connectivity index (χ3v) is 4.70. The molecule has 4 heteroatoms. The van der Waals surface area contributed by atoms with Gasteiger partial charge in [0.1, 0.15) is 0 Å². The van der Waals surface area contributed by atoms with Crippen molar-refractivity contribution in [1.29, 1.82) is 0 Å². The number of carbonyl (C=O) groups excluding carboxylic acids is 1. The highest BCUT2D eigenvalue weighted by atomic mass is 35.5. The van der Waals surface area contributed by atoms with E-state index in [9.17, 15) is 4.79 Å². The molecule has 1 unspecified atom stereocenters. The number of rotatable bonds is 2. The molecule has 0 spiro atoms. The molecule has 1 aromatic carbocycles. The molecule has 0 fully saturated rings. The van der Waals surface area contributed by atoms with Crippen LogP contribution in [0.2, 0.25) is 4.34 Å². The highest BCUT2D eigenvalue weighted by molar-refractivity contribution is 7.17. The highest BCUT2D eigenvalue weighted by Gasteiger charge is 2.22. The summed E-state index contributed by atoms with van der Waals surface area (Å²) in [4.78, 5) is 12.9. The fraction of sp³-hybridized carbons (Fsp3) is 0.267. The quantitative estimate of drug-likeness (QED) is 0.882. The third-order valence-electron chi connectivity index (χ3n) is 3.47. The van der Waals surface area contributed by atoms with Crippen LogP contribution in [-0.2, 0) is 6.42 Å². The SMILES string of the molecule is O=C(NC1CCCc2ccccc21)c1ccc(Cl)s1. The molecule has 1 aliphatic rings. The number of hydrogen-bond acceptors (Lipinski definition) is 2. The summed E-state index contributed by atoms with van der Waals surface area (Å²) in [7, 11) is 0. The molecule has 2 nitrogen and oxygen atoms in total. The predicted molar refractivity (Wildman–Crippen MR) is 78.9 cm³/mol. The first-order chi connectivity index (χ1) is 9.24. The lowest BCUT2D eigenvalue weighted by Crippen LogP contribution is -2.30. The summed E-state index contributed by atoms with van der Waals surface area (Å²) in [5, 5.41) is 3.12. The molecule has 1 amide bonds. The van der Waals surface area contributed by atoms with Gasteiger partial charge in [-0.25, -0.2) is 0 Å². The van der Waals surface area contributed by atoms with Gasteiger partial charge in [-0.05, 0) is 42.5 Å². The Morgan fingerprint density at radius 3 is 2.89 bits per heavy atom. The Labute approximate surface area is 121 Å². The van der Waals surface area contributed by atoms with E-state index in [0.717, 1.165) is 19.3 Å². The van der Waals surface area contributed by atoms with Crippen molar-refractivity contribution >= 4 is 28.8 Å². The van der Waals surface area contributed by atoms with Crippen molar-refractivity contribution in [3.63, 3.8) is 0 Å². The van der Waals surface area contributed by atoms with Crippen molar-refractivity contribution in [1.82, 2.24) is 5.32 Å². The second-order valence-corrected chi connectivity index (χ2v) is 6.44. The van der Waals surface area contributed by atoms with Crippen molar-refractivity contribution in [2.75, 3.05) is 0 Å². The summed E-state index contributed by atoms with van der Waals surface area (Å²) in [6, 6.07) is 12.0. The maximum atomic E-state index is 12.2. The number of benzene rings is 1. The van der Waals surface area contributed by atoms with Crippen LogP contribution in [-0.4, -0.2) is 5.91 Å². The fourth-order valence-corrected chi connectivity index (χ4v) is 3.52. The second-order valence-electron chi connectivity index (χ2n) is 4.72. The zero-order valence-electron chi connectivity index (χ0n) is 10.4. The molecule has 0 saturated carbocycles. The van der Waals surface area contributed by atoms with Gasteiger partial charge in [-0.3, -0.25) is 4.79 Å². The minimum Gasteiger partial charge on any atom is -0.345 e. The number of halogens is 1. The van der Waals surface area contributed by atoms with Crippen LogP contribution in [0.4, 0.5) is 0 Å². The van der Waals surface area contributed by atoms with Gasteiger partial charge in [-0.1, -0.05) is 35.9 Å². The summed E-state index contributed by atoms with van der Waals surface area (Å²) in [6.07, 6.45) is 3.22. The van der Waals surface area contributed by atoms with Gasteiger partial charge in [0, 0.05) is 0 Å². The van der Waals surface area contributed by atoms with E-state index in [1.54, 1.807) is 12.1 Å². The standard InChI is InChI=1S/C15H14ClNOS/c16-14-9-8-13(19-14)15(18)17-12-7-3-5-10-4-1-2-6-11(10)12/h1-2,4,6,8-9,12H,3,5,7H2,(H,17,18). The zero-order valence-corrected chi connectivity index (χ0v) is 11.9. The van der Waals surface area contributed by atoms with Crippen LogP contribution in [0.3, 0.4) is 0 Å². The molecule has 1 heterocycles. The Balaban J connectivity index is 1.79. The lowest BCUT2D eigenvalue weighted by atomic mass is 9.88. The minimum atomic E-state index is -0.0291. The monoisotopic (exact) mass is 291 g/mol. The molecule has 0 radical (unpaired) electrons. The largest absolute Gasteiger partial charge is 0.345 e. The second kappa shape index (κ2) is 5.35. The normalized spacial score (nSPS) is 17.8. The van der Waals surface area contributed by atoms with E-state index in [4.69, 9.17) is 11.6 Å². The molecule has 19 heavy (non-hydrogen) atoms. The number of fused-ring (bicyclic) bond motifs is 1. The third kappa shape index (κ3) is 2.67. The average Bonchev–Trinajstić information content (AvgIpc) is 2.86. The number of thiophene rings is 1. The molecule has 98 valence electrons. The van der Waals surface area contributed by atoms with Crippen LogP contribution >= 0.6 is 22.9 Å². The summed E-state index contributed by atoms with van der Waals surface area (Å²) in [5.41, 5.74) is 2.60. The van der Waals surface area contributed by atoms with Crippen LogP contribution in [0.15, 0.2) is 36.4 Å². The molecule has 1 N–H and O–H groups in total. The Morgan fingerprint density at radius 2 is 2.11 bits per heavy atom. The van der Waals surface area contributed by atoms with Gasteiger partial charge in [0.25, 0.3) is 5.91 Å². The zero-order chi connectivity index (χ0) is 13.2.